The summed E-state index contributed by atoms with van der Waals surface area (Å²) >= 11 is 2.25. The molecule has 0 aromatic heterocycles. The van der Waals surface area contributed by atoms with E-state index < -0.39 is 9.84 Å². The average Bonchev–Trinajstić information content (AvgIpc) is 2.26. The van der Waals surface area contributed by atoms with E-state index in [1.165, 1.54) is 9.83 Å². The zero-order valence-corrected chi connectivity index (χ0v) is 13.2. The minimum Gasteiger partial charge on any atom is -0.315 e. The summed E-state index contributed by atoms with van der Waals surface area (Å²) in [5.74, 6) is 0. The van der Waals surface area contributed by atoms with Crippen molar-refractivity contribution < 1.29 is 8.42 Å². The van der Waals surface area contributed by atoms with Crippen molar-refractivity contribution in [1.29, 1.82) is 0 Å². The molecular weight excluding hydrogens is 349 g/mol. The number of hydrogen-bond acceptors (Lipinski definition) is 3. The molecule has 0 heterocycles. The van der Waals surface area contributed by atoms with Gasteiger partial charge in [-0.2, -0.15) is 0 Å². The molecule has 96 valence electrons. The Hall–Kier alpha value is -0.140. The van der Waals surface area contributed by atoms with Gasteiger partial charge in [0.25, 0.3) is 0 Å². The Balaban J connectivity index is 2.80. The van der Waals surface area contributed by atoms with Crippen LogP contribution < -0.4 is 5.32 Å². The quantitative estimate of drug-likeness (QED) is 0.809. The van der Waals surface area contributed by atoms with Gasteiger partial charge < -0.3 is 5.32 Å². The van der Waals surface area contributed by atoms with Gasteiger partial charge in [-0.15, -0.1) is 0 Å². The van der Waals surface area contributed by atoms with Crippen LogP contribution in [0.25, 0.3) is 0 Å². The first-order chi connectivity index (χ1) is 7.84. The number of benzene rings is 1. The second-order valence-electron chi connectivity index (χ2n) is 4.26. The summed E-state index contributed by atoms with van der Waals surface area (Å²) in [6.07, 6.45) is 2.01. The number of halogens is 1. The first-order valence-corrected chi connectivity index (χ1v) is 8.48. The molecule has 1 rings (SSSR count). The smallest absolute Gasteiger partial charge is 0.151 e. The third-order valence-electron chi connectivity index (χ3n) is 2.98. The van der Waals surface area contributed by atoms with Crippen molar-refractivity contribution in [3.05, 3.63) is 33.4 Å². The molecule has 2 unspecified atom stereocenters. The van der Waals surface area contributed by atoms with Gasteiger partial charge in [-0.3, -0.25) is 0 Å². The highest BCUT2D eigenvalue weighted by molar-refractivity contribution is 14.1. The van der Waals surface area contributed by atoms with E-state index in [-0.39, 0.29) is 11.3 Å². The van der Waals surface area contributed by atoms with Crippen LogP contribution in [0.1, 0.15) is 12.5 Å². The summed E-state index contributed by atoms with van der Waals surface area (Å²) < 4.78 is 24.3. The van der Waals surface area contributed by atoms with Gasteiger partial charge in [-0.05, 0) is 60.7 Å². The summed E-state index contributed by atoms with van der Waals surface area (Å²) in [4.78, 5) is 0. The van der Waals surface area contributed by atoms with Crippen molar-refractivity contribution in [3.8, 4) is 0 Å². The molecule has 0 spiro atoms. The van der Waals surface area contributed by atoms with Crippen LogP contribution in [0.3, 0.4) is 0 Å². The van der Waals surface area contributed by atoms with Crippen LogP contribution in [0.4, 0.5) is 0 Å². The molecule has 0 saturated carbocycles. The number of hydrogen-bond donors (Lipinski definition) is 1. The first-order valence-electron chi connectivity index (χ1n) is 5.45. The lowest BCUT2D eigenvalue weighted by Gasteiger charge is -2.22. The van der Waals surface area contributed by atoms with Crippen molar-refractivity contribution in [2.24, 2.45) is 0 Å². The van der Waals surface area contributed by atoms with E-state index in [0.29, 0.717) is 0 Å². The normalized spacial score (nSPS) is 15.5. The summed E-state index contributed by atoms with van der Waals surface area (Å²) in [5, 5.41) is 2.71. The Morgan fingerprint density at radius 1 is 1.29 bits per heavy atom. The molecule has 0 aliphatic rings. The van der Waals surface area contributed by atoms with Crippen LogP contribution in [-0.4, -0.2) is 33.0 Å². The molecule has 2 atom stereocenters. The summed E-state index contributed by atoms with van der Waals surface area (Å²) in [7, 11) is -1.20. The van der Waals surface area contributed by atoms with Crippen molar-refractivity contribution in [1.82, 2.24) is 5.32 Å². The van der Waals surface area contributed by atoms with E-state index >= 15 is 0 Å². The van der Waals surface area contributed by atoms with Gasteiger partial charge >= 0.3 is 0 Å². The highest BCUT2D eigenvalue weighted by Crippen LogP contribution is 2.13. The summed E-state index contributed by atoms with van der Waals surface area (Å²) in [6.45, 7) is 1.75. The molecule has 17 heavy (non-hydrogen) atoms. The van der Waals surface area contributed by atoms with Crippen molar-refractivity contribution in [3.63, 3.8) is 0 Å². The second-order valence-corrected chi connectivity index (χ2v) is 7.91. The van der Waals surface area contributed by atoms with Crippen LogP contribution in [0.2, 0.25) is 0 Å². The third kappa shape index (κ3) is 4.56. The van der Waals surface area contributed by atoms with Crippen molar-refractivity contribution >= 4 is 32.4 Å². The predicted octanol–water partition coefficient (Wildman–Crippen LogP) is 1.85. The SMILES string of the molecule is CNC(Cc1ccc(I)cc1)C(C)S(C)(=O)=O. The zero-order valence-electron chi connectivity index (χ0n) is 10.3. The molecule has 5 heteroatoms. The number of rotatable bonds is 5. The van der Waals surface area contributed by atoms with Crippen molar-refractivity contribution in [2.75, 3.05) is 13.3 Å². The second kappa shape index (κ2) is 6.15. The van der Waals surface area contributed by atoms with Gasteiger partial charge in [0.2, 0.25) is 0 Å². The van der Waals surface area contributed by atoms with E-state index in [9.17, 15) is 8.42 Å². The van der Waals surface area contributed by atoms with Gasteiger partial charge in [0.15, 0.2) is 9.84 Å². The lowest BCUT2D eigenvalue weighted by atomic mass is 10.0. The maximum atomic E-state index is 11.5. The average molecular weight is 367 g/mol. The molecule has 1 aromatic rings. The topological polar surface area (TPSA) is 46.2 Å². The molecule has 0 amide bonds. The minimum atomic E-state index is -3.01. The molecule has 3 nitrogen and oxygen atoms in total. The molecule has 0 aliphatic heterocycles. The maximum Gasteiger partial charge on any atom is 0.151 e. The van der Waals surface area contributed by atoms with E-state index in [2.05, 4.69) is 27.9 Å². The van der Waals surface area contributed by atoms with Crippen LogP contribution in [0.15, 0.2) is 24.3 Å². The maximum absolute atomic E-state index is 11.5. The first kappa shape index (κ1) is 14.9. The fraction of sp³-hybridized carbons (Fsp3) is 0.500. The van der Waals surface area contributed by atoms with Crippen LogP contribution in [-0.2, 0) is 16.3 Å². The molecular formula is C12H18INO2S. The van der Waals surface area contributed by atoms with E-state index in [1.807, 2.05) is 24.3 Å². The highest BCUT2D eigenvalue weighted by Gasteiger charge is 2.24. The number of likely N-dealkylation sites (N-methyl/N-ethyl adjacent to an activating group) is 1. The molecule has 0 radical (unpaired) electrons. The summed E-state index contributed by atoms with van der Waals surface area (Å²) in [6, 6.07) is 8.11. The molecule has 1 N–H and O–H groups in total. The largest absolute Gasteiger partial charge is 0.315 e. The highest BCUT2D eigenvalue weighted by atomic mass is 127. The van der Waals surface area contributed by atoms with Gasteiger partial charge in [0.1, 0.15) is 0 Å². The minimum absolute atomic E-state index is 0.0509. The molecule has 0 aliphatic carbocycles. The Labute approximate surface area is 117 Å². The lowest BCUT2D eigenvalue weighted by molar-refractivity contribution is 0.516. The summed E-state index contributed by atoms with van der Waals surface area (Å²) in [5.41, 5.74) is 1.15. The zero-order chi connectivity index (χ0) is 13.1. The number of nitrogens with one attached hydrogen (secondary N) is 1. The van der Waals surface area contributed by atoms with E-state index in [4.69, 9.17) is 0 Å². The van der Waals surface area contributed by atoms with Crippen LogP contribution in [0, 0.1) is 3.57 Å². The molecule has 0 bridgehead atoms. The van der Waals surface area contributed by atoms with E-state index in [1.54, 1.807) is 14.0 Å². The third-order valence-corrected chi connectivity index (χ3v) is 5.38. The van der Waals surface area contributed by atoms with Crippen LogP contribution in [0.5, 0.6) is 0 Å². The monoisotopic (exact) mass is 367 g/mol. The predicted molar refractivity (Wildman–Crippen MR) is 80.0 cm³/mol. The Morgan fingerprint density at radius 3 is 2.24 bits per heavy atom. The molecule has 1 aromatic carbocycles. The Kier molecular flexibility index (Phi) is 5.40. The van der Waals surface area contributed by atoms with Gasteiger partial charge in [0.05, 0.1) is 5.25 Å². The van der Waals surface area contributed by atoms with Crippen molar-refractivity contribution in [2.45, 2.75) is 24.6 Å². The molecule has 0 fully saturated rings. The molecule has 0 saturated heterocycles. The lowest BCUT2D eigenvalue weighted by Crippen LogP contribution is -2.41. The Bertz CT molecular complexity index is 456. The van der Waals surface area contributed by atoms with E-state index in [0.717, 1.165) is 12.0 Å². The van der Waals surface area contributed by atoms with Gasteiger partial charge in [-0.1, -0.05) is 12.1 Å². The fourth-order valence-corrected chi connectivity index (χ4v) is 2.86. The van der Waals surface area contributed by atoms with Gasteiger partial charge in [-0.25, -0.2) is 8.42 Å². The number of sulfone groups is 1. The standard InChI is InChI=1S/C12H18INO2S/c1-9(17(3,15)16)12(14-2)8-10-4-6-11(13)7-5-10/h4-7,9,12,14H,8H2,1-3H3. The van der Waals surface area contributed by atoms with Crippen LogP contribution >= 0.6 is 22.6 Å². The fourth-order valence-electron chi connectivity index (χ4n) is 1.68. The van der Waals surface area contributed by atoms with Gasteiger partial charge in [0, 0.05) is 15.9 Å². The Morgan fingerprint density at radius 2 is 1.82 bits per heavy atom.